The highest BCUT2D eigenvalue weighted by molar-refractivity contribution is 6.19. The molecular weight excluding hydrogens is 288 g/mol. The number of carbonyl (C=O) groups excluding carboxylic acids is 3. The van der Waals surface area contributed by atoms with Crippen LogP contribution in [0.4, 0.5) is 9.59 Å². The number of amides is 2. The van der Waals surface area contributed by atoms with Crippen LogP contribution in [0.25, 0.3) is 0 Å². The van der Waals surface area contributed by atoms with Crippen LogP contribution in [0.5, 0.6) is 0 Å². The minimum Gasteiger partial charge on any atom is -0.428 e. The normalized spacial score (nSPS) is 11.3. The number of halogens is 1. The maximum absolute atomic E-state index is 11.7. The Morgan fingerprint density at radius 2 is 2.20 bits per heavy atom. The van der Waals surface area contributed by atoms with Gasteiger partial charge in [-0.2, -0.15) is 0 Å². The first-order chi connectivity index (χ1) is 9.42. The van der Waals surface area contributed by atoms with Crippen LogP contribution in [0.2, 0.25) is 0 Å². The Morgan fingerprint density at radius 3 is 2.75 bits per heavy atom. The summed E-state index contributed by atoms with van der Waals surface area (Å²) in [6.45, 7) is 1.29. The molecule has 2 N–H and O–H groups in total. The molecule has 0 bridgehead atoms. The monoisotopic (exact) mass is 300 g/mol. The number of ether oxygens (including phenoxy) is 1. The Balaban J connectivity index is 2.85. The number of aldehydes is 1. The minimum absolute atomic E-state index is 0.132. The highest BCUT2D eigenvalue weighted by Gasteiger charge is 2.21. The van der Waals surface area contributed by atoms with E-state index in [0.29, 0.717) is 22.5 Å². The summed E-state index contributed by atoms with van der Waals surface area (Å²) in [6, 6.07) is 6.38. The van der Waals surface area contributed by atoms with Crippen molar-refractivity contribution in [2.75, 3.05) is 0 Å². The molecule has 0 spiro atoms. The first-order valence-corrected chi connectivity index (χ1v) is 5.99. The van der Waals surface area contributed by atoms with Crippen LogP contribution in [-0.2, 0) is 16.1 Å². The number of nitrogens with two attached hydrogens (primary N) is 1. The third kappa shape index (κ3) is 5.15. The zero-order valence-corrected chi connectivity index (χ0v) is 11.4. The number of rotatable bonds is 4. The van der Waals surface area contributed by atoms with Crippen molar-refractivity contribution in [2.45, 2.75) is 19.0 Å². The summed E-state index contributed by atoms with van der Waals surface area (Å²) in [4.78, 5) is 37.7. The van der Waals surface area contributed by atoms with Gasteiger partial charge in [0.1, 0.15) is 6.29 Å². The van der Waals surface area contributed by atoms with Gasteiger partial charge in [-0.15, -0.1) is 5.06 Å². The molecule has 0 aliphatic rings. The molecule has 2 amide bonds. The van der Waals surface area contributed by atoms with Crippen LogP contribution >= 0.6 is 11.6 Å². The van der Waals surface area contributed by atoms with Crippen LogP contribution in [0.1, 0.15) is 22.8 Å². The second kappa shape index (κ2) is 7.34. The molecule has 8 heteroatoms. The van der Waals surface area contributed by atoms with Crippen molar-refractivity contribution in [3.63, 3.8) is 0 Å². The van der Waals surface area contributed by atoms with Gasteiger partial charge in [-0.3, -0.25) is 4.79 Å². The van der Waals surface area contributed by atoms with Crippen LogP contribution in [0, 0.1) is 0 Å². The molecular formula is C12H13ClN2O5. The Bertz CT molecular complexity index is 506. The molecule has 0 aromatic heterocycles. The number of carbonyl (C=O) groups is 3. The summed E-state index contributed by atoms with van der Waals surface area (Å²) in [5.74, 6) is 0. The lowest BCUT2D eigenvalue weighted by Crippen LogP contribution is -2.36. The van der Waals surface area contributed by atoms with Crippen LogP contribution < -0.4 is 5.73 Å². The smallest absolute Gasteiger partial charge is 0.428 e. The molecule has 1 rings (SSSR count). The topological polar surface area (TPSA) is 98.9 Å². The van der Waals surface area contributed by atoms with Crippen molar-refractivity contribution in [3.05, 3.63) is 35.4 Å². The largest absolute Gasteiger partial charge is 0.445 e. The Labute approximate surface area is 120 Å². The zero-order valence-electron chi connectivity index (χ0n) is 10.6. The molecule has 1 atom stereocenters. The fourth-order valence-electron chi connectivity index (χ4n) is 1.37. The molecule has 108 valence electrons. The highest BCUT2D eigenvalue weighted by atomic mass is 35.5. The number of hydrogen-bond acceptors (Lipinski definition) is 5. The lowest BCUT2D eigenvalue weighted by atomic mass is 10.1. The number of benzene rings is 1. The van der Waals surface area contributed by atoms with E-state index in [1.165, 1.54) is 13.0 Å². The van der Waals surface area contributed by atoms with Gasteiger partial charge in [0.25, 0.3) is 0 Å². The van der Waals surface area contributed by atoms with Crippen LogP contribution in [-0.4, -0.2) is 29.1 Å². The third-order valence-corrected chi connectivity index (χ3v) is 2.17. The molecule has 0 heterocycles. The Hall–Kier alpha value is -2.28. The van der Waals surface area contributed by atoms with Crippen molar-refractivity contribution in [3.8, 4) is 0 Å². The van der Waals surface area contributed by atoms with Crippen molar-refractivity contribution in [1.82, 2.24) is 5.06 Å². The van der Waals surface area contributed by atoms with E-state index in [2.05, 4.69) is 4.84 Å². The van der Waals surface area contributed by atoms with Gasteiger partial charge < -0.3 is 15.3 Å². The average Bonchev–Trinajstić information content (AvgIpc) is 2.37. The van der Waals surface area contributed by atoms with Gasteiger partial charge in [0, 0.05) is 5.56 Å². The SMILES string of the molecule is CC(Cl)OC(=O)N(Cc1cccc(C=O)c1)OC(N)=O. The molecule has 1 unspecified atom stereocenters. The van der Waals surface area contributed by atoms with Gasteiger partial charge in [0.2, 0.25) is 0 Å². The predicted octanol–water partition coefficient (Wildman–Crippen LogP) is 2.03. The maximum Gasteiger partial charge on any atom is 0.445 e. The van der Waals surface area contributed by atoms with Gasteiger partial charge in [-0.1, -0.05) is 29.8 Å². The lowest BCUT2D eigenvalue weighted by molar-refractivity contribution is -0.0882. The molecule has 0 saturated heterocycles. The summed E-state index contributed by atoms with van der Waals surface area (Å²) >= 11 is 5.52. The van der Waals surface area contributed by atoms with E-state index in [4.69, 9.17) is 22.1 Å². The highest BCUT2D eigenvalue weighted by Crippen LogP contribution is 2.10. The van der Waals surface area contributed by atoms with Gasteiger partial charge in [0.05, 0.1) is 6.54 Å². The van der Waals surface area contributed by atoms with Crippen molar-refractivity contribution in [1.29, 1.82) is 0 Å². The number of hydroxylamine groups is 2. The number of alkyl halides is 1. The van der Waals surface area contributed by atoms with Crippen LogP contribution in [0.3, 0.4) is 0 Å². The van der Waals surface area contributed by atoms with E-state index in [1.54, 1.807) is 18.2 Å². The molecule has 0 fully saturated rings. The molecule has 1 aromatic carbocycles. The second-order valence-electron chi connectivity index (χ2n) is 3.74. The van der Waals surface area contributed by atoms with Crippen LogP contribution in [0.15, 0.2) is 24.3 Å². The fraction of sp³-hybridized carbons (Fsp3) is 0.250. The maximum atomic E-state index is 11.7. The average molecular weight is 301 g/mol. The molecule has 20 heavy (non-hydrogen) atoms. The van der Waals surface area contributed by atoms with Gasteiger partial charge in [0.15, 0.2) is 5.56 Å². The van der Waals surface area contributed by atoms with Crippen molar-refractivity contribution in [2.24, 2.45) is 5.73 Å². The van der Waals surface area contributed by atoms with Gasteiger partial charge in [-0.25, -0.2) is 9.59 Å². The summed E-state index contributed by atoms with van der Waals surface area (Å²) in [7, 11) is 0. The first-order valence-electron chi connectivity index (χ1n) is 5.56. The Kier molecular flexibility index (Phi) is 5.79. The van der Waals surface area contributed by atoms with Crippen molar-refractivity contribution < 1.29 is 24.0 Å². The van der Waals surface area contributed by atoms with E-state index in [1.807, 2.05) is 0 Å². The molecule has 7 nitrogen and oxygen atoms in total. The summed E-state index contributed by atoms with van der Waals surface area (Å²) in [6.07, 6.45) is -1.49. The van der Waals surface area contributed by atoms with E-state index < -0.39 is 17.7 Å². The minimum atomic E-state index is -1.17. The van der Waals surface area contributed by atoms with Gasteiger partial charge in [-0.05, 0) is 18.6 Å². The first kappa shape index (κ1) is 15.8. The number of hydrogen-bond donors (Lipinski definition) is 1. The van der Waals surface area contributed by atoms with E-state index >= 15 is 0 Å². The number of primary amides is 1. The number of nitrogens with zero attached hydrogens (tertiary/aromatic N) is 1. The summed E-state index contributed by atoms with van der Waals surface area (Å²) < 4.78 is 4.69. The summed E-state index contributed by atoms with van der Waals surface area (Å²) in [5, 5.41) is 0.616. The molecule has 0 radical (unpaired) electrons. The molecule has 0 saturated carbocycles. The third-order valence-electron chi connectivity index (χ3n) is 2.08. The quantitative estimate of drug-likeness (QED) is 0.521. The predicted molar refractivity (Wildman–Crippen MR) is 69.8 cm³/mol. The van der Waals surface area contributed by atoms with E-state index in [0.717, 1.165) is 0 Å². The standard InChI is InChI=1S/C12H13ClN2O5/c1-8(13)19-12(18)15(20-11(14)17)6-9-3-2-4-10(5-9)7-16/h2-5,7-8H,6H2,1H3,(H2,14,17). The second-order valence-corrected chi connectivity index (χ2v) is 4.35. The van der Waals surface area contributed by atoms with E-state index in [-0.39, 0.29) is 6.54 Å². The fourth-order valence-corrected chi connectivity index (χ4v) is 1.45. The molecule has 0 aliphatic carbocycles. The zero-order chi connectivity index (χ0) is 15.1. The van der Waals surface area contributed by atoms with Crippen molar-refractivity contribution >= 4 is 30.1 Å². The lowest BCUT2D eigenvalue weighted by Gasteiger charge is -2.20. The molecule has 0 aliphatic heterocycles. The molecule has 1 aromatic rings. The Morgan fingerprint density at radius 1 is 1.50 bits per heavy atom. The van der Waals surface area contributed by atoms with Gasteiger partial charge >= 0.3 is 12.2 Å². The van der Waals surface area contributed by atoms with E-state index in [9.17, 15) is 14.4 Å². The summed E-state index contributed by atoms with van der Waals surface area (Å²) in [5.41, 5.74) is 4.94.